The lowest BCUT2D eigenvalue weighted by atomic mass is 9.69. The number of carbonyl (C=O) groups excluding carboxylic acids is 1. The van der Waals surface area contributed by atoms with Crippen LogP contribution in [-0.2, 0) is 9.53 Å². The van der Waals surface area contributed by atoms with Gasteiger partial charge in [0.25, 0.3) is 0 Å². The average Bonchev–Trinajstić information content (AvgIpc) is 3.10. The summed E-state index contributed by atoms with van der Waals surface area (Å²) in [6.07, 6.45) is 8.42. The van der Waals surface area contributed by atoms with Gasteiger partial charge in [0, 0.05) is 0 Å². The minimum absolute atomic E-state index is 0.0539. The van der Waals surface area contributed by atoms with Gasteiger partial charge in [-0.3, -0.25) is 4.79 Å². The SMILES string of the molecule is O=C(OCCO)C1CC2CC1C1C3C=CC(C3)C21. The van der Waals surface area contributed by atoms with Crippen LogP contribution >= 0.6 is 0 Å². The van der Waals surface area contributed by atoms with Crippen LogP contribution in [0.4, 0.5) is 0 Å². The second-order valence-electron chi connectivity index (χ2n) is 6.50. The molecule has 4 aliphatic carbocycles. The molecular formula is C15H20O3. The number of rotatable bonds is 3. The zero-order valence-electron chi connectivity index (χ0n) is 10.5. The number of hydrogen-bond acceptors (Lipinski definition) is 3. The molecule has 0 aromatic rings. The minimum Gasteiger partial charge on any atom is -0.463 e. The number of aliphatic hydroxyl groups is 1. The van der Waals surface area contributed by atoms with Crippen molar-refractivity contribution in [2.75, 3.05) is 13.2 Å². The Balaban J connectivity index is 1.52. The smallest absolute Gasteiger partial charge is 0.309 e. The van der Waals surface area contributed by atoms with Crippen molar-refractivity contribution in [1.82, 2.24) is 0 Å². The first-order chi connectivity index (χ1) is 8.79. The van der Waals surface area contributed by atoms with Crippen molar-refractivity contribution in [2.24, 2.45) is 41.4 Å². The third kappa shape index (κ3) is 1.31. The van der Waals surface area contributed by atoms with Gasteiger partial charge in [-0.1, -0.05) is 12.2 Å². The van der Waals surface area contributed by atoms with Crippen LogP contribution in [-0.4, -0.2) is 24.3 Å². The van der Waals surface area contributed by atoms with Crippen molar-refractivity contribution in [2.45, 2.75) is 19.3 Å². The van der Waals surface area contributed by atoms with E-state index in [0.29, 0.717) is 5.92 Å². The number of carbonyl (C=O) groups is 1. The molecule has 3 fully saturated rings. The maximum Gasteiger partial charge on any atom is 0.309 e. The Hall–Kier alpha value is -0.830. The van der Waals surface area contributed by atoms with E-state index in [1.807, 2.05) is 0 Å². The van der Waals surface area contributed by atoms with E-state index >= 15 is 0 Å². The highest BCUT2D eigenvalue weighted by Gasteiger charge is 2.62. The van der Waals surface area contributed by atoms with E-state index in [0.717, 1.165) is 36.0 Å². The van der Waals surface area contributed by atoms with Crippen LogP contribution in [0.15, 0.2) is 12.2 Å². The number of aliphatic hydroxyl groups excluding tert-OH is 1. The number of fused-ring (bicyclic) bond motifs is 9. The highest BCUT2D eigenvalue weighted by atomic mass is 16.5. The van der Waals surface area contributed by atoms with Gasteiger partial charge in [0.2, 0.25) is 0 Å². The molecule has 1 N–H and O–H groups in total. The standard InChI is InChI=1S/C15H20O3/c16-3-4-18-15(17)12-7-10-6-11(12)14-9-2-1-8(5-9)13(10)14/h1-2,8-14,16H,3-7H2. The topological polar surface area (TPSA) is 46.5 Å². The molecule has 0 radical (unpaired) electrons. The summed E-state index contributed by atoms with van der Waals surface area (Å²) in [6, 6.07) is 0. The van der Waals surface area contributed by atoms with Gasteiger partial charge < -0.3 is 9.84 Å². The largest absolute Gasteiger partial charge is 0.463 e. The van der Waals surface area contributed by atoms with Gasteiger partial charge in [-0.15, -0.1) is 0 Å². The van der Waals surface area contributed by atoms with Crippen molar-refractivity contribution >= 4 is 5.97 Å². The van der Waals surface area contributed by atoms with E-state index in [2.05, 4.69) is 12.2 Å². The fourth-order valence-electron chi connectivity index (χ4n) is 5.54. The van der Waals surface area contributed by atoms with Gasteiger partial charge in [-0.25, -0.2) is 0 Å². The molecule has 98 valence electrons. The third-order valence-corrected chi connectivity index (χ3v) is 5.91. The molecule has 3 saturated carbocycles. The first-order valence-corrected chi connectivity index (χ1v) is 7.25. The second kappa shape index (κ2) is 3.83. The second-order valence-corrected chi connectivity index (χ2v) is 6.50. The highest BCUT2D eigenvalue weighted by Crippen LogP contribution is 2.67. The van der Waals surface area contributed by atoms with Crippen molar-refractivity contribution in [1.29, 1.82) is 0 Å². The van der Waals surface area contributed by atoms with Gasteiger partial charge in [-0.2, -0.15) is 0 Å². The summed E-state index contributed by atoms with van der Waals surface area (Å²) in [5.74, 6) is 4.56. The van der Waals surface area contributed by atoms with Gasteiger partial charge in [0.1, 0.15) is 6.61 Å². The molecule has 0 heterocycles. The van der Waals surface area contributed by atoms with Gasteiger partial charge in [0.15, 0.2) is 0 Å². The zero-order chi connectivity index (χ0) is 12.3. The molecule has 4 bridgehead atoms. The van der Waals surface area contributed by atoms with E-state index in [1.165, 1.54) is 12.8 Å². The summed E-state index contributed by atoms with van der Waals surface area (Å²) in [5, 5.41) is 8.74. The van der Waals surface area contributed by atoms with E-state index in [9.17, 15) is 4.79 Å². The Morgan fingerprint density at radius 1 is 1.17 bits per heavy atom. The maximum absolute atomic E-state index is 12.0. The third-order valence-electron chi connectivity index (χ3n) is 5.91. The van der Waals surface area contributed by atoms with Gasteiger partial charge in [0.05, 0.1) is 12.5 Å². The summed E-state index contributed by atoms with van der Waals surface area (Å²) >= 11 is 0. The first kappa shape index (κ1) is 11.0. The number of esters is 1. The molecule has 0 spiro atoms. The van der Waals surface area contributed by atoms with Crippen molar-refractivity contribution in [3.63, 3.8) is 0 Å². The molecule has 4 aliphatic rings. The lowest BCUT2D eigenvalue weighted by molar-refractivity contribution is -0.152. The summed E-state index contributed by atoms with van der Waals surface area (Å²) in [6.45, 7) is 0.0960. The van der Waals surface area contributed by atoms with E-state index in [1.54, 1.807) is 0 Å². The summed E-state index contributed by atoms with van der Waals surface area (Å²) in [7, 11) is 0. The molecule has 0 aromatic heterocycles. The van der Waals surface area contributed by atoms with Crippen LogP contribution in [0.25, 0.3) is 0 Å². The van der Waals surface area contributed by atoms with Crippen LogP contribution in [0.3, 0.4) is 0 Å². The molecule has 7 atom stereocenters. The Morgan fingerprint density at radius 3 is 2.72 bits per heavy atom. The Labute approximate surface area is 107 Å². The van der Waals surface area contributed by atoms with E-state index in [-0.39, 0.29) is 25.1 Å². The predicted molar refractivity (Wildman–Crippen MR) is 65.5 cm³/mol. The lowest BCUT2D eigenvalue weighted by Gasteiger charge is -2.35. The van der Waals surface area contributed by atoms with Crippen molar-refractivity contribution in [3.05, 3.63) is 12.2 Å². The van der Waals surface area contributed by atoms with E-state index < -0.39 is 0 Å². The highest BCUT2D eigenvalue weighted by molar-refractivity contribution is 5.73. The van der Waals surface area contributed by atoms with Gasteiger partial charge >= 0.3 is 5.97 Å². The first-order valence-electron chi connectivity index (χ1n) is 7.25. The molecule has 18 heavy (non-hydrogen) atoms. The number of hydrogen-bond donors (Lipinski definition) is 1. The van der Waals surface area contributed by atoms with Crippen LogP contribution in [0.1, 0.15) is 19.3 Å². The normalized spacial score (nSPS) is 50.8. The Morgan fingerprint density at radius 2 is 1.94 bits per heavy atom. The van der Waals surface area contributed by atoms with Crippen LogP contribution in [0.5, 0.6) is 0 Å². The van der Waals surface area contributed by atoms with Crippen LogP contribution < -0.4 is 0 Å². The van der Waals surface area contributed by atoms with Crippen LogP contribution in [0, 0.1) is 41.4 Å². The van der Waals surface area contributed by atoms with E-state index in [4.69, 9.17) is 9.84 Å². The predicted octanol–water partition coefficient (Wildman–Crippen LogP) is 1.62. The minimum atomic E-state index is -0.0634. The fraction of sp³-hybridized carbons (Fsp3) is 0.800. The summed E-state index contributed by atoms with van der Waals surface area (Å²) < 4.78 is 5.15. The maximum atomic E-state index is 12.0. The molecular weight excluding hydrogens is 228 g/mol. The quantitative estimate of drug-likeness (QED) is 0.469. The Bertz CT molecular complexity index is 403. The molecule has 3 heteroatoms. The number of allylic oxidation sites excluding steroid dienone is 2. The van der Waals surface area contributed by atoms with Gasteiger partial charge in [-0.05, 0) is 54.8 Å². The monoisotopic (exact) mass is 248 g/mol. The molecule has 3 nitrogen and oxygen atoms in total. The molecule has 7 unspecified atom stereocenters. The Kier molecular flexibility index (Phi) is 2.35. The summed E-state index contributed by atoms with van der Waals surface area (Å²) in [4.78, 5) is 12.0. The van der Waals surface area contributed by atoms with Crippen LogP contribution in [0.2, 0.25) is 0 Å². The molecule has 4 rings (SSSR count). The molecule has 0 amide bonds. The number of ether oxygens (including phenoxy) is 1. The fourth-order valence-corrected chi connectivity index (χ4v) is 5.54. The molecule has 0 aromatic carbocycles. The molecule has 0 aliphatic heterocycles. The van der Waals surface area contributed by atoms with Crippen molar-refractivity contribution < 1.29 is 14.6 Å². The summed E-state index contributed by atoms with van der Waals surface area (Å²) in [5.41, 5.74) is 0. The lowest BCUT2D eigenvalue weighted by Crippen LogP contribution is -2.35. The average molecular weight is 248 g/mol. The molecule has 0 saturated heterocycles. The zero-order valence-corrected chi connectivity index (χ0v) is 10.5. The van der Waals surface area contributed by atoms with Crippen molar-refractivity contribution in [3.8, 4) is 0 Å².